The van der Waals surface area contributed by atoms with Crippen LogP contribution in [0.2, 0.25) is 0 Å². The van der Waals surface area contributed by atoms with Crippen LogP contribution >= 0.6 is 0 Å². The topological polar surface area (TPSA) is 0 Å². The predicted octanol–water partition coefficient (Wildman–Crippen LogP) is 6.93. The maximum atomic E-state index is 4.46. The number of hydrogen-bond acceptors (Lipinski definition) is 0. The zero-order chi connectivity index (χ0) is 17.5. The lowest BCUT2D eigenvalue weighted by molar-refractivity contribution is 0.0492. The first-order valence-electron chi connectivity index (χ1n) is 9.63. The minimum absolute atomic E-state index is 0. The first kappa shape index (κ1) is 19.8. The zero-order valence-corrected chi connectivity index (χ0v) is 15.6. The lowest BCUT2D eigenvalue weighted by Crippen LogP contribution is -2.44. The molecule has 0 amide bonds. The highest BCUT2D eigenvalue weighted by Gasteiger charge is 2.56. The third-order valence-corrected chi connectivity index (χ3v) is 7.59. The van der Waals surface area contributed by atoms with Gasteiger partial charge in [0.1, 0.15) is 0 Å². The molecule has 4 rings (SSSR count). The Morgan fingerprint density at radius 3 is 2.56 bits per heavy atom. The minimum Gasteiger partial charge on any atom is -0.124 e. The minimum atomic E-state index is 0. The zero-order valence-electron chi connectivity index (χ0n) is 15.6. The molecule has 0 heterocycles. The Balaban J connectivity index is 0.000000726. The number of benzene rings is 1. The highest BCUT2D eigenvalue weighted by Crippen LogP contribution is 2.65. The standard InChI is InChI=1S/C22H30.C2H2.CH4/c1-14(2)22-12-11-19-18-8-5-15(3)13-17(18)7-9-20(19)21(22)10-6-16(22)4;1-2;/h5,8,13,16,19-21H,1,6-7,9-12H2,2-4H3;1-2H;1H4. The summed E-state index contributed by atoms with van der Waals surface area (Å²) in [6.07, 6.45) is 16.3. The van der Waals surface area contributed by atoms with E-state index in [0.29, 0.717) is 5.41 Å². The molecule has 0 heteroatoms. The number of aryl methyl sites for hydroxylation is 2. The van der Waals surface area contributed by atoms with Crippen molar-refractivity contribution in [3.05, 3.63) is 47.0 Å². The fourth-order valence-corrected chi connectivity index (χ4v) is 6.60. The van der Waals surface area contributed by atoms with Crippen molar-refractivity contribution >= 4 is 0 Å². The second-order valence-corrected chi connectivity index (χ2v) is 8.46. The number of fused-ring (bicyclic) bond motifs is 5. The van der Waals surface area contributed by atoms with Gasteiger partial charge >= 0.3 is 0 Å². The smallest absolute Gasteiger partial charge is 0.00366 e. The van der Waals surface area contributed by atoms with Gasteiger partial charge in [0.05, 0.1) is 0 Å². The van der Waals surface area contributed by atoms with Crippen LogP contribution in [0.4, 0.5) is 0 Å². The van der Waals surface area contributed by atoms with E-state index in [0.717, 1.165) is 23.7 Å². The van der Waals surface area contributed by atoms with Crippen molar-refractivity contribution in [2.24, 2.45) is 23.2 Å². The molecular formula is C25H36. The quantitative estimate of drug-likeness (QED) is 0.385. The normalized spacial score (nSPS) is 35.1. The fraction of sp³-hybridized carbons (Fsp3) is 0.600. The van der Waals surface area contributed by atoms with Crippen molar-refractivity contribution in [1.29, 1.82) is 0 Å². The van der Waals surface area contributed by atoms with Gasteiger partial charge in [0.2, 0.25) is 0 Å². The molecule has 1 aromatic rings. The Morgan fingerprint density at radius 1 is 1.16 bits per heavy atom. The van der Waals surface area contributed by atoms with Crippen molar-refractivity contribution in [1.82, 2.24) is 0 Å². The van der Waals surface area contributed by atoms with Crippen molar-refractivity contribution in [3.8, 4) is 12.8 Å². The van der Waals surface area contributed by atoms with Crippen LogP contribution in [0.3, 0.4) is 0 Å². The van der Waals surface area contributed by atoms with E-state index in [1.807, 2.05) is 0 Å². The SMILES string of the molecule is C.C#C.C=C(C)C12CCC3c4ccc(C)cc4CCC3C1CCC2C. The number of rotatable bonds is 1. The summed E-state index contributed by atoms with van der Waals surface area (Å²) in [7, 11) is 0. The number of terminal acetylenes is 1. The van der Waals surface area contributed by atoms with Gasteiger partial charge in [-0.3, -0.25) is 0 Å². The Kier molecular flexibility index (Phi) is 5.88. The average Bonchev–Trinajstić information content (AvgIpc) is 2.94. The molecule has 0 spiro atoms. The Hall–Kier alpha value is -1.48. The number of hydrogen-bond donors (Lipinski definition) is 0. The van der Waals surface area contributed by atoms with Crippen LogP contribution in [-0.4, -0.2) is 0 Å². The lowest BCUT2D eigenvalue weighted by Gasteiger charge is -2.52. The molecule has 0 bridgehead atoms. The summed E-state index contributed by atoms with van der Waals surface area (Å²) in [4.78, 5) is 0. The van der Waals surface area contributed by atoms with E-state index >= 15 is 0 Å². The molecule has 0 N–H and O–H groups in total. The van der Waals surface area contributed by atoms with Gasteiger partial charge in [0.25, 0.3) is 0 Å². The van der Waals surface area contributed by atoms with Gasteiger partial charge in [-0.05, 0) is 92.6 Å². The molecule has 5 atom stereocenters. The van der Waals surface area contributed by atoms with Crippen molar-refractivity contribution in [3.63, 3.8) is 0 Å². The molecule has 2 fully saturated rings. The van der Waals surface area contributed by atoms with E-state index in [2.05, 4.69) is 58.4 Å². The summed E-state index contributed by atoms with van der Waals surface area (Å²) < 4.78 is 0. The molecule has 0 aliphatic heterocycles. The van der Waals surface area contributed by atoms with Gasteiger partial charge in [-0.1, -0.05) is 50.3 Å². The summed E-state index contributed by atoms with van der Waals surface area (Å²) in [6, 6.07) is 7.23. The summed E-state index contributed by atoms with van der Waals surface area (Å²) in [5.41, 5.74) is 6.71. The Labute approximate surface area is 156 Å². The molecule has 0 nitrogen and oxygen atoms in total. The molecule has 1 aromatic carbocycles. The molecule has 136 valence electrons. The summed E-state index contributed by atoms with van der Waals surface area (Å²) in [5, 5.41) is 0. The molecule has 3 aliphatic carbocycles. The third kappa shape index (κ3) is 2.87. The largest absolute Gasteiger partial charge is 0.124 e. The number of allylic oxidation sites excluding steroid dienone is 1. The molecule has 0 radical (unpaired) electrons. The molecule has 0 aromatic heterocycles. The van der Waals surface area contributed by atoms with Gasteiger partial charge < -0.3 is 0 Å². The van der Waals surface area contributed by atoms with E-state index in [1.165, 1.54) is 49.7 Å². The van der Waals surface area contributed by atoms with Crippen LogP contribution in [0.1, 0.15) is 76.0 Å². The van der Waals surface area contributed by atoms with Crippen LogP contribution in [0, 0.1) is 42.9 Å². The summed E-state index contributed by atoms with van der Waals surface area (Å²) in [6.45, 7) is 11.5. The fourth-order valence-electron chi connectivity index (χ4n) is 6.60. The maximum Gasteiger partial charge on any atom is -0.00366 e. The Morgan fingerprint density at radius 2 is 1.88 bits per heavy atom. The van der Waals surface area contributed by atoms with Gasteiger partial charge in [-0.15, -0.1) is 12.8 Å². The van der Waals surface area contributed by atoms with E-state index in [1.54, 1.807) is 11.1 Å². The van der Waals surface area contributed by atoms with E-state index < -0.39 is 0 Å². The van der Waals surface area contributed by atoms with Crippen LogP contribution in [0.25, 0.3) is 0 Å². The lowest BCUT2D eigenvalue weighted by atomic mass is 9.52. The molecule has 3 aliphatic rings. The van der Waals surface area contributed by atoms with E-state index in [4.69, 9.17) is 0 Å². The average molecular weight is 337 g/mol. The first-order chi connectivity index (χ1) is 11.5. The van der Waals surface area contributed by atoms with Gasteiger partial charge in [0.15, 0.2) is 0 Å². The van der Waals surface area contributed by atoms with Gasteiger partial charge in [-0.2, -0.15) is 0 Å². The summed E-state index contributed by atoms with van der Waals surface area (Å²) in [5.74, 6) is 3.47. The second-order valence-electron chi connectivity index (χ2n) is 8.46. The van der Waals surface area contributed by atoms with Gasteiger partial charge in [0, 0.05) is 0 Å². The Bertz CT molecular complexity index is 649. The van der Waals surface area contributed by atoms with E-state index in [-0.39, 0.29) is 7.43 Å². The third-order valence-electron chi connectivity index (χ3n) is 7.59. The van der Waals surface area contributed by atoms with E-state index in [9.17, 15) is 0 Å². The predicted molar refractivity (Wildman–Crippen MR) is 111 cm³/mol. The molecule has 25 heavy (non-hydrogen) atoms. The second kappa shape index (κ2) is 7.41. The highest BCUT2D eigenvalue weighted by atomic mass is 14.6. The van der Waals surface area contributed by atoms with Crippen LogP contribution in [0.5, 0.6) is 0 Å². The van der Waals surface area contributed by atoms with Crippen molar-refractivity contribution < 1.29 is 0 Å². The van der Waals surface area contributed by atoms with Crippen LogP contribution in [0.15, 0.2) is 30.4 Å². The first-order valence-corrected chi connectivity index (χ1v) is 9.63. The molecule has 5 unspecified atom stereocenters. The summed E-state index contributed by atoms with van der Waals surface area (Å²) >= 11 is 0. The maximum absolute atomic E-state index is 4.46. The van der Waals surface area contributed by atoms with Crippen LogP contribution < -0.4 is 0 Å². The highest BCUT2D eigenvalue weighted by molar-refractivity contribution is 5.38. The van der Waals surface area contributed by atoms with Crippen molar-refractivity contribution in [2.75, 3.05) is 0 Å². The molecule has 2 saturated carbocycles. The van der Waals surface area contributed by atoms with Crippen molar-refractivity contribution in [2.45, 2.75) is 72.6 Å². The van der Waals surface area contributed by atoms with Crippen LogP contribution in [-0.2, 0) is 6.42 Å². The molecular weight excluding hydrogens is 300 g/mol. The monoisotopic (exact) mass is 336 g/mol. The molecule has 0 saturated heterocycles. The van der Waals surface area contributed by atoms with Gasteiger partial charge in [-0.25, -0.2) is 0 Å².